The molecule has 0 saturated heterocycles. The molecule has 0 radical (unpaired) electrons. The number of nitrogens with one attached hydrogen (secondary N) is 1. The van der Waals surface area contributed by atoms with E-state index >= 15 is 0 Å². The Bertz CT molecular complexity index is 745. The summed E-state index contributed by atoms with van der Waals surface area (Å²) < 4.78 is 13.2. The minimum absolute atomic E-state index is 0.0276. The van der Waals surface area contributed by atoms with Gasteiger partial charge in [-0.2, -0.15) is 0 Å². The Labute approximate surface area is 160 Å². The maximum atomic E-state index is 13.2. The van der Waals surface area contributed by atoms with Gasteiger partial charge in [0, 0.05) is 25.4 Å². The number of halogens is 1. The van der Waals surface area contributed by atoms with Gasteiger partial charge in [0.05, 0.1) is 0 Å². The molecule has 2 amide bonds. The second-order valence-corrected chi connectivity index (χ2v) is 6.87. The summed E-state index contributed by atoms with van der Waals surface area (Å²) in [6.45, 7) is 5.82. The maximum Gasteiger partial charge on any atom is 0.243 e. The van der Waals surface area contributed by atoms with Gasteiger partial charge >= 0.3 is 0 Å². The largest absolute Gasteiger partial charge is 0.352 e. The second kappa shape index (κ2) is 9.86. The van der Waals surface area contributed by atoms with E-state index in [0.717, 1.165) is 11.1 Å². The van der Waals surface area contributed by atoms with Crippen molar-refractivity contribution in [2.24, 2.45) is 0 Å². The van der Waals surface area contributed by atoms with E-state index in [1.807, 2.05) is 44.2 Å². The standard InChI is InChI=1S/C22H27FN2O2/c1-4-21(26)25(15-18-10-12-19(23)13-11-18)20(22(27)24-16(2)3)14-17-8-6-5-7-9-17/h5-13,16,20H,4,14-15H2,1-3H3,(H,24,27). The lowest BCUT2D eigenvalue weighted by Crippen LogP contribution is -2.51. The molecule has 0 aromatic heterocycles. The summed E-state index contributed by atoms with van der Waals surface area (Å²) in [4.78, 5) is 27.2. The van der Waals surface area contributed by atoms with Crippen LogP contribution in [0, 0.1) is 5.82 Å². The van der Waals surface area contributed by atoms with Gasteiger partial charge in [-0.3, -0.25) is 9.59 Å². The Morgan fingerprint density at radius 1 is 1.00 bits per heavy atom. The number of hydrogen-bond acceptors (Lipinski definition) is 2. The van der Waals surface area contributed by atoms with Crippen molar-refractivity contribution in [3.8, 4) is 0 Å². The van der Waals surface area contributed by atoms with Crippen molar-refractivity contribution in [1.29, 1.82) is 0 Å². The summed E-state index contributed by atoms with van der Waals surface area (Å²) in [7, 11) is 0. The van der Waals surface area contributed by atoms with Crippen LogP contribution in [0.25, 0.3) is 0 Å². The molecule has 2 aromatic rings. The number of rotatable bonds is 8. The summed E-state index contributed by atoms with van der Waals surface area (Å²) in [5.41, 5.74) is 1.77. The normalized spacial score (nSPS) is 11.9. The van der Waals surface area contributed by atoms with Crippen molar-refractivity contribution in [2.45, 2.75) is 52.2 Å². The van der Waals surface area contributed by atoms with E-state index in [4.69, 9.17) is 0 Å². The van der Waals surface area contributed by atoms with Crippen molar-refractivity contribution in [1.82, 2.24) is 10.2 Å². The molecule has 1 unspecified atom stereocenters. The number of carbonyl (C=O) groups excluding carboxylic acids is 2. The highest BCUT2D eigenvalue weighted by Crippen LogP contribution is 2.16. The molecular weight excluding hydrogens is 343 g/mol. The minimum atomic E-state index is -0.632. The van der Waals surface area contributed by atoms with Crippen LogP contribution in [0.5, 0.6) is 0 Å². The molecule has 1 atom stereocenters. The molecule has 0 aliphatic carbocycles. The molecule has 0 heterocycles. The molecule has 0 spiro atoms. The van der Waals surface area contributed by atoms with Crippen molar-refractivity contribution in [3.05, 3.63) is 71.5 Å². The van der Waals surface area contributed by atoms with Crippen LogP contribution in [-0.4, -0.2) is 28.8 Å². The van der Waals surface area contributed by atoms with Gasteiger partial charge in [-0.1, -0.05) is 49.4 Å². The second-order valence-electron chi connectivity index (χ2n) is 6.87. The van der Waals surface area contributed by atoms with Crippen LogP contribution in [0.2, 0.25) is 0 Å². The quantitative estimate of drug-likeness (QED) is 0.770. The Morgan fingerprint density at radius 2 is 1.63 bits per heavy atom. The third-order valence-electron chi connectivity index (χ3n) is 4.27. The van der Waals surface area contributed by atoms with Crippen LogP contribution in [0.1, 0.15) is 38.3 Å². The Balaban J connectivity index is 2.33. The SMILES string of the molecule is CCC(=O)N(Cc1ccc(F)cc1)C(Cc1ccccc1)C(=O)NC(C)C. The smallest absolute Gasteiger partial charge is 0.243 e. The average molecular weight is 370 g/mol. The Morgan fingerprint density at radius 3 is 2.19 bits per heavy atom. The molecule has 4 nitrogen and oxygen atoms in total. The van der Waals surface area contributed by atoms with Gasteiger partial charge in [-0.15, -0.1) is 0 Å². The van der Waals surface area contributed by atoms with E-state index in [1.54, 1.807) is 24.0 Å². The van der Waals surface area contributed by atoms with E-state index in [-0.39, 0.29) is 30.2 Å². The van der Waals surface area contributed by atoms with E-state index in [1.165, 1.54) is 12.1 Å². The summed E-state index contributed by atoms with van der Waals surface area (Å²) in [5, 5.41) is 2.92. The highest BCUT2D eigenvalue weighted by molar-refractivity contribution is 5.88. The van der Waals surface area contributed by atoms with Crippen LogP contribution in [0.3, 0.4) is 0 Å². The van der Waals surface area contributed by atoms with Gasteiger partial charge in [-0.05, 0) is 37.1 Å². The van der Waals surface area contributed by atoms with E-state index in [2.05, 4.69) is 5.32 Å². The fourth-order valence-corrected chi connectivity index (χ4v) is 2.92. The first-order valence-corrected chi connectivity index (χ1v) is 9.29. The molecule has 2 rings (SSSR count). The first-order valence-electron chi connectivity index (χ1n) is 9.29. The van der Waals surface area contributed by atoms with Crippen molar-refractivity contribution >= 4 is 11.8 Å². The van der Waals surface area contributed by atoms with Crippen molar-refractivity contribution in [3.63, 3.8) is 0 Å². The van der Waals surface area contributed by atoms with Crippen molar-refractivity contribution < 1.29 is 14.0 Å². The zero-order chi connectivity index (χ0) is 19.8. The highest BCUT2D eigenvalue weighted by atomic mass is 19.1. The van der Waals surface area contributed by atoms with Crippen LogP contribution < -0.4 is 5.32 Å². The summed E-state index contributed by atoms with van der Waals surface area (Å²) >= 11 is 0. The van der Waals surface area contributed by atoms with Gasteiger partial charge in [0.15, 0.2) is 0 Å². The number of nitrogens with zero attached hydrogens (tertiary/aromatic N) is 1. The zero-order valence-electron chi connectivity index (χ0n) is 16.1. The molecule has 1 N–H and O–H groups in total. The van der Waals surface area contributed by atoms with Crippen LogP contribution in [-0.2, 0) is 22.6 Å². The van der Waals surface area contributed by atoms with E-state index < -0.39 is 6.04 Å². The number of hydrogen-bond donors (Lipinski definition) is 1. The van der Waals surface area contributed by atoms with Gasteiger partial charge in [0.2, 0.25) is 11.8 Å². The lowest BCUT2D eigenvalue weighted by molar-refractivity contribution is -0.141. The molecule has 0 saturated carbocycles. The molecule has 0 fully saturated rings. The summed E-state index contributed by atoms with van der Waals surface area (Å²) in [5.74, 6) is -0.623. The monoisotopic (exact) mass is 370 g/mol. The topological polar surface area (TPSA) is 49.4 Å². The van der Waals surface area contributed by atoms with Gasteiger partial charge in [0.25, 0.3) is 0 Å². The predicted octanol–water partition coefficient (Wildman–Crippen LogP) is 3.70. The first kappa shape index (κ1) is 20.6. The van der Waals surface area contributed by atoms with Gasteiger partial charge < -0.3 is 10.2 Å². The lowest BCUT2D eigenvalue weighted by atomic mass is 10.0. The molecule has 27 heavy (non-hydrogen) atoms. The van der Waals surface area contributed by atoms with Gasteiger partial charge in [0.1, 0.15) is 11.9 Å². The van der Waals surface area contributed by atoms with Gasteiger partial charge in [-0.25, -0.2) is 4.39 Å². The average Bonchev–Trinajstić information content (AvgIpc) is 2.65. The Kier molecular flexibility index (Phi) is 7.53. The summed E-state index contributed by atoms with van der Waals surface area (Å²) in [6.07, 6.45) is 0.716. The lowest BCUT2D eigenvalue weighted by Gasteiger charge is -2.32. The zero-order valence-corrected chi connectivity index (χ0v) is 16.1. The predicted molar refractivity (Wildman–Crippen MR) is 104 cm³/mol. The number of amides is 2. The van der Waals surface area contributed by atoms with Crippen LogP contribution in [0.15, 0.2) is 54.6 Å². The maximum absolute atomic E-state index is 13.2. The minimum Gasteiger partial charge on any atom is -0.352 e. The molecular formula is C22H27FN2O2. The van der Waals surface area contributed by atoms with E-state index in [9.17, 15) is 14.0 Å². The van der Waals surface area contributed by atoms with Crippen molar-refractivity contribution in [2.75, 3.05) is 0 Å². The third kappa shape index (κ3) is 6.20. The summed E-state index contributed by atoms with van der Waals surface area (Å²) in [6, 6.07) is 15.0. The molecule has 2 aromatic carbocycles. The van der Waals surface area contributed by atoms with Crippen LogP contribution in [0.4, 0.5) is 4.39 Å². The molecule has 0 bridgehead atoms. The highest BCUT2D eigenvalue weighted by Gasteiger charge is 2.29. The molecule has 144 valence electrons. The molecule has 0 aliphatic heterocycles. The first-order chi connectivity index (χ1) is 12.9. The Hall–Kier alpha value is -2.69. The number of benzene rings is 2. The third-order valence-corrected chi connectivity index (χ3v) is 4.27. The fraction of sp³-hybridized carbons (Fsp3) is 0.364. The number of carbonyl (C=O) groups is 2. The molecule has 5 heteroatoms. The van der Waals surface area contributed by atoms with E-state index in [0.29, 0.717) is 12.8 Å². The fourth-order valence-electron chi connectivity index (χ4n) is 2.92. The molecule has 0 aliphatic rings. The van der Waals surface area contributed by atoms with Crippen LogP contribution >= 0.6 is 0 Å².